The number of carbonyl (C=O) groups excluding carboxylic acids is 1. The van der Waals surface area contributed by atoms with Gasteiger partial charge in [0, 0.05) is 17.4 Å². The molecule has 2 rings (SSSR count). The van der Waals surface area contributed by atoms with Crippen LogP contribution in [0, 0.1) is 0 Å². The average molecular weight is 283 g/mol. The Morgan fingerprint density at radius 1 is 1.53 bits per heavy atom. The Labute approximate surface area is 115 Å². The van der Waals surface area contributed by atoms with Gasteiger partial charge in [-0.3, -0.25) is 4.79 Å². The topological polar surface area (TPSA) is 79.5 Å². The van der Waals surface area contributed by atoms with E-state index >= 15 is 0 Å². The van der Waals surface area contributed by atoms with E-state index in [9.17, 15) is 9.59 Å². The maximum absolute atomic E-state index is 12.0. The van der Waals surface area contributed by atoms with Crippen LogP contribution in [0.2, 0.25) is 0 Å². The SMILES string of the molecule is CCSC1CCCC1NC(=O)c1cc(C(=O)O)co1. The molecule has 1 aliphatic carbocycles. The number of carboxylic acids is 1. The molecule has 19 heavy (non-hydrogen) atoms. The van der Waals surface area contributed by atoms with Crippen molar-refractivity contribution in [2.24, 2.45) is 0 Å². The van der Waals surface area contributed by atoms with Crippen LogP contribution < -0.4 is 5.32 Å². The molecule has 2 atom stereocenters. The molecule has 104 valence electrons. The number of amides is 1. The number of hydrogen-bond donors (Lipinski definition) is 2. The molecule has 1 saturated carbocycles. The third-order valence-corrected chi connectivity index (χ3v) is 4.55. The highest BCUT2D eigenvalue weighted by molar-refractivity contribution is 7.99. The van der Waals surface area contributed by atoms with Crippen molar-refractivity contribution >= 4 is 23.6 Å². The highest BCUT2D eigenvalue weighted by Crippen LogP contribution is 2.30. The molecular weight excluding hydrogens is 266 g/mol. The summed E-state index contributed by atoms with van der Waals surface area (Å²) < 4.78 is 4.99. The van der Waals surface area contributed by atoms with Crippen molar-refractivity contribution in [3.05, 3.63) is 23.7 Å². The Balaban J connectivity index is 1.98. The summed E-state index contributed by atoms with van der Waals surface area (Å²) in [5, 5.41) is 12.2. The van der Waals surface area contributed by atoms with Gasteiger partial charge in [-0.15, -0.1) is 0 Å². The third-order valence-electron chi connectivity index (χ3n) is 3.22. The minimum atomic E-state index is -1.09. The summed E-state index contributed by atoms with van der Waals surface area (Å²) in [4.78, 5) is 22.7. The van der Waals surface area contributed by atoms with Crippen LogP contribution in [0.5, 0.6) is 0 Å². The quantitative estimate of drug-likeness (QED) is 0.867. The third kappa shape index (κ3) is 3.32. The minimum Gasteiger partial charge on any atom is -0.478 e. The average Bonchev–Trinajstić information content (AvgIpc) is 2.99. The molecule has 0 spiro atoms. The van der Waals surface area contributed by atoms with E-state index in [1.54, 1.807) is 0 Å². The second kappa shape index (κ2) is 6.14. The number of carbonyl (C=O) groups is 2. The second-order valence-electron chi connectivity index (χ2n) is 4.51. The number of rotatable bonds is 5. The molecular formula is C13H17NO4S. The first-order valence-corrected chi connectivity index (χ1v) is 7.41. The molecule has 1 aromatic rings. The molecule has 0 aromatic carbocycles. The second-order valence-corrected chi connectivity index (χ2v) is 6.03. The first kappa shape index (κ1) is 14.0. The summed E-state index contributed by atoms with van der Waals surface area (Å²) in [7, 11) is 0. The predicted molar refractivity (Wildman–Crippen MR) is 72.7 cm³/mol. The largest absolute Gasteiger partial charge is 0.478 e. The van der Waals surface area contributed by atoms with Gasteiger partial charge >= 0.3 is 5.97 Å². The molecule has 1 amide bonds. The summed E-state index contributed by atoms with van der Waals surface area (Å²) >= 11 is 1.85. The zero-order valence-electron chi connectivity index (χ0n) is 10.7. The number of aromatic carboxylic acids is 1. The smallest absolute Gasteiger partial charge is 0.338 e. The Bertz CT molecular complexity index is 471. The fourth-order valence-corrected chi connectivity index (χ4v) is 3.51. The van der Waals surface area contributed by atoms with E-state index in [0.29, 0.717) is 5.25 Å². The van der Waals surface area contributed by atoms with E-state index < -0.39 is 5.97 Å². The molecule has 2 unspecified atom stereocenters. The van der Waals surface area contributed by atoms with E-state index in [1.165, 1.54) is 6.07 Å². The predicted octanol–water partition coefficient (Wildman–Crippen LogP) is 2.38. The molecule has 2 N–H and O–H groups in total. The zero-order valence-corrected chi connectivity index (χ0v) is 11.5. The van der Waals surface area contributed by atoms with Crippen molar-refractivity contribution < 1.29 is 19.1 Å². The van der Waals surface area contributed by atoms with Crippen LogP contribution in [0.4, 0.5) is 0 Å². The van der Waals surface area contributed by atoms with Gasteiger partial charge in [0.1, 0.15) is 6.26 Å². The molecule has 0 bridgehead atoms. The standard InChI is InChI=1S/C13H17NO4S/c1-2-19-11-5-3-4-9(11)14-12(15)10-6-8(7-18-10)13(16)17/h6-7,9,11H,2-5H2,1H3,(H,14,15)(H,16,17). The first-order chi connectivity index (χ1) is 9.11. The number of nitrogens with one attached hydrogen (secondary N) is 1. The molecule has 1 aliphatic rings. The minimum absolute atomic E-state index is 0.00365. The van der Waals surface area contributed by atoms with Gasteiger partial charge in [-0.1, -0.05) is 13.3 Å². The lowest BCUT2D eigenvalue weighted by molar-refractivity contribution is 0.0695. The lowest BCUT2D eigenvalue weighted by Gasteiger charge is -2.19. The summed E-state index contributed by atoms with van der Waals surface area (Å²) in [6, 6.07) is 1.41. The Kier molecular flexibility index (Phi) is 4.52. The molecule has 1 heterocycles. The van der Waals surface area contributed by atoms with Crippen LogP contribution in [-0.4, -0.2) is 34.0 Å². The van der Waals surface area contributed by atoms with Crippen LogP contribution in [0.1, 0.15) is 47.1 Å². The normalized spacial score (nSPS) is 22.4. The summed E-state index contributed by atoms with van der Waals surface area (Å²) in [5.74, 6) is -0.338. The van der Waals surface area contributed by atoms with Gasteiger partial charge in [-0.2, -0.15) is 11.8 Å². The lowest BCUT2D eigenvalue weighted by atomic mass is 10.2. The van der Waals surface area contributed by atoms with Crippen molar-refractivity contribution in [3.8, 4) is 0 Å². The molecule has 1 aromatic heterocycles. The fraction of sp³-hybridized carbons (Fsp3) is 0.538. The number of furan rings is 1. The summed E-state index contributed by atoms with van der Waals surface area (Å²) in [5.41, 5.74) is -0.00365. The van der Waals surface area contributed by atoms with Gasteiger partial charge in [0.15, 0.2) is 5.76 Å². The van der Waals surface area contributed by atoms with Gasteiger partial charge in [0.05, 0.1) is 5.56 Å². The van der Waals surface area contributed by atoms with E-state index in [0.717, 1.165) is 31.3 Å². The van der Waals surface area contributed by atoms with Gasteiger partial charge < -0.3 is 14.8 Å². The van der Waals surface area contributed by atoms with Crippen molar-refractivity contribution in [1.82, 2.24) is 5.32 Å². The Morgan fingerprint density at radius 2 is 2.32 bits per heavy atom. The molecule has 0 aliphatic heterocycles. The zero-order chi connectivity index (χ0) is 13.8. The van der Waals surface area contributed by atoms with Crippen LogP contribution in [-0.2, 0) is 0 Å². The molecule has 0 saturated heterocycles. The van der Waals surface area contributed by atoms with Crippen molar-refractivity contribution in [2.45, 2.75) is 37.5 Å². The monoisotopic (exact) mass is 283 g/mol. The van der Waals surface area contributed by atoms with Crippen LogP contribution in [0.25, 0.3) is 0 Å². The van der Waals surface area contributed by atoms with E-state index in [2.05, 4.69) is 12.2 Å². The van der Waals surface area contributed by atoms with Crippen LogP contribution in [0.15, 0.2) is 16.7 Å². The maximum Gasteiger partial charge on any atom is 0.338 e. The Hall–Kier alpha value is -1.43. The van der Waals surface area contributed by atoms with E-state index in [1.807, 2.05) is 11.8 Å². The number of hydrogen-bond acceptors (Lipinski definition) is 4. The van der Waals surface area contributed by atoms with E-state index in [-0.39, 0.29) is 23.3 Å². The van der Waals surface area contributed by atoms with Crippen molar-refractivity contribution in [1.29, 1.82) is 0 Å². The molecule has 6 heteroatoms. The highest BCUT2D eigenvalue weighted by Gasteiger charge is 2.29. The van der Waals surface area contributed by atoms with Gasteiger partial charge in [0.25, 0.3) is 5.91 Å². The molecule has 5 nitrogen and oxygen atoms in total. The first-order valence-electron chi connectivity index (χ1n) is 6.36. The van der Waals surface area contributed by atoms with Crippen LogP contribution in [0.3, 0.4) is 0 Å². The van der Waals surface area contributed by atoms with Gasteiger partial charge in [0.2, 0.25) is 0 Å². The summed E-state index contributed by atoms with van der Waals surface area (Å²) in [6.07, 6.45) is 4.28. The number of carboxylic acid groups (broad SMARTS) is 1. The van der Waals surface area contributed by atoms with Crippen molar-refractivity contribution in [2.75, 3.05) is 5.75 Å². The van der Waals surface area contributed by atoms with E-state index in [4.69, 9.17) is 9.52 Å². The van der Waals surface area contributed by atoms with Crippen molar-refractivity contribution in [3.63, 3.8) is 0 Å². The fourth-order valence-electron chi connectivity index (χ4n) is 2.31. The Morgan fingerprint density at radius 3 is 2.95 bits per heavy atom. The maximum atomic E-state index is 12.0. The lowest BCUT2D eigenvalue weighted by Crippen LogP contribution is -2.38. The number of thioether (sulfide) groups is 1. The van der Waals surface area contributed by atoms with Gasteiger partial charge in [-0.25, -0.2) is 4.79 Å². The molecule has 1 fully saturated rings. The van der Waals surface area contributed by atoms with Gasteiger partial charge in [-0.05, 0) is 18.6 Å². The summed E-state index contributed by atoms with van der Waals surface area (Å²) in [6.45, 7) is 2.10. The highest BCUT2D eigenvalue weighted by atomic mass is 32.2. The van der Waals surface area contributed by atoms with Crippen LogP contribution >= 0.6 is 11.8 Å². The molecule has 0 radical (unpaired) electrons.